The number of halogens is 1. The van der Waals surface area contributed by atoms with Gasteiger partial charge < -0.3 is 25.0 Å². The molecule has 15 heteroatoms. The van der Waals surface area contributed by atoms with Gasteiger partial charge in [0.2, 0.25) is 5.78 Å². The number of hydrogen-bond donors (Lipinski definition) is 5. The van der Waals surface area contributed by atoms with Crippen LogP contribution in [0.15, 0.2) is 32.3 Å². The molecule has 1 spiro atoms. The maximum Gasteiger partial charge on any atom is 0.260 e. The Morgan fingerprint density at radius 2 is 1.72 bits per heavy atom. The van der Waals surface area contributed by atoms with Crippen molar-refractivity contribution in [2.24, 2.45) is 5.10 Å². The molecule has 2 aromatic carbocycles. The minimum absolute atomic E-state index is 0.0506. The second kappa shape index (κ2) is 11.0. The van der Waals surface area contributed by atoms with Crippen LogP contribution < -0.4 is 11.0 Å². The molecule has 1 atom stereocenters. The van der Waals surface area contributed by atoms with E-state index in [1.54, 1.807) is 11.9 Å². The Balaban J connectivity index is 1.46. The number of nitrogens with zero attached hydrogens (tertiary/aromatic N) is 2. The lowest BCUT2D eigenvalue weighted by Gasteiger charge is -2.23. The molecule has 0 fully saturated rings. The predicted molar refractivity (Wildman–Crippen MR) is 170 cm³/mol. The maximum atomic E-state index is 14.2. The molecule has 3 aliphatic carbocycles. The highest BCUT2D eigenvalue weighted by atomic mass is 79.9. The standard InChI is InChI=1S/C32H27BrN4O10/c1-11(2)37(3)10-17(39)36-34-9-12-7-14-18(31(46)35-12)28(43)23-13(24(14)33)5-6-32(23)29(44)21-22(30(32)45)27(42)20-19(26(21)41)15(38)8-16(47-4)25(20)40/h7-9,11,41-43H,5-6,10H2,1-4H3,(H,35,46)(H,36,39)/b34-9+/t32-/m0/s1. The molecule has 1 heterocycles. The van der Waals surface area contributed by atoms with Gasteiger partial charge >= 0.3 is 0 Å². The SMILES string of the molecule is COC1=CC(=O)c2c(O)c3c(c(O)c2C1=O)C(=O)[C@]1(CCc2c1c(O)c1c(=O)[nH]c(/C=N/NC(=O)CN(C)C(C)C)cc1c2Br)C3=O. The zero-order chi connectivity index (χ0) is 34.3. The lowest BCUT2D eigenvalue weighted by atomic mass is 9.76. The van der Waals surface area contributed by atoms with Crippen LogP contribution in [-0.2, 0) is 21.4 Å². The summed E-state index contributed by atoms with van der Waals surface area (Å²) in [6.45, 7) is 3.95. The van der Waals surface area contributed by atoms with Crippen molar-refractivity contribution in [2.75, 3.05) is 20.7 Å². The number of pyridine rings is 1. The molecule has 3 aromatic rings. The molecule has 5 N–H and O–H groups in total. The first kappa shape index (κ1) is 31.8. The Morgan fingerprint density at radius 1 is 1.09 bits per heavy atom. The number of aromatic amines is 1. The van der Waals surface area contributed by atoms with E-state index in [1.807, 2.05) is 13.8 Å². The quantitative estimate of drug-likeness (QED) is 0.109. The third kappa shape index (κ3) is 4.36. The monoisotopic (exact) mass is 706 g/mol. The maximum absolute atomic E-state index is 14.2. The zero-order valence-electron chi connectivity index (χ0n) is 25.4. The fourth-order valence-electron chi connectivity index (χ4n) is 6.49. The second-order valence-corrected chi connectivity index (χ2v) is 12.6. The first-order chi connectivity index (χ1) is 22.2. The summed E-state index contributed by atoms with van der Waals surface area (Å²) >= 11 is 3.47. The molecule has 1 amide bonds. The molecule has 0 saturated carbocycles. The molecule has 14 nitrogen and oxygen atoms in total. The highest BCUT2D eigenvalue weighted by Gasteiger charge is 2.62. The number of H-pyrrole nitrogens is 1. The van der Waals surface area contributed by atoms with Crippen molar-refractivity contribution in [3.8, 4) is 17.2 Å². The van der Waals surface area contributed by atoms with Gasteiger partial charge in [-0.3, -0.25) is 33.7 Å². The van der Waals surface area contributed by atoms with Gasteiger partial charge in [-0.1, -0.05) is 0 Å². The first-order valence-corrected chi connectivity index (χ1v) is 15.2. The van der Waals surface area contributed by atoms with E-state index in [1.165, 1.54) is 12.3 Å². The Hall–Kier alpha value is -5.15. The minimum Gasteiger partial charge on any atom is -0.507 e. The topological polar surface area (TPSA) is 216 Å². The summed E-state index contributed by atoms with van der Waals surface area (Å²) in [6, 6.07) is 1.62. The van der Waals surface area contributed by atoms with E-state index in [4.69, 9.17) is 4.74 Å². The number of amides is 1. The van der Waals surface area contributed by atoms with E-state index in [2.05, 4.69) is 31.4 Å². The first-order valence-electron chi connectivity index (χ1n) is 14.4. The molecule has 6 rings (SSSR count). The molecule has 1 aromatic heterocycles. The molecule has 0 aliphatic heterocycles. The summed E-state index contributed by atoms with van der Waals surface area (Å²) in [5.74, 6) is -7.33. The van der Waals surface area contributed by atoms with Crippen molar-refractivity contribution in [3.05, 3.63) is 71.8 Å². The molecule has 242 valence electrons. The molecule has 0 bridgehead atoms. The number of methoxy groups -OCH3 is 1. The van der Waals surface area contributed by atoms with Crippen molar-refractivity contribution in [1.29, 1.82) is 0 Å². The van der Waals surface area contributed by atoms with Crippen LogP contribution in [0.5, 0.6) is 17.2 Å². The van der Waals surface area contributed by atoms with Crippen LogP contribution in [0.2, 0.25) is 0 Å². The largest absolute Gasteiger partial charge is 0.507 e. The number of phenolic OH excluding ortho intramolecular Hbond substituents is 3. The fraction of sp³-hybridized carbons (Fsp3) is 0.281. The van der Waals surface area contributed by atoms with Crippen LogP contribution in [-0.4, -0.2) is 87.2 Å². The summed E-state index contributed by atoms with van der Waals surface area (Å²) in [5.41, 5.74) is -2.96. The fourth-order valence-corrected chi connectivity index (χ4v) is 7.20. The number of Topliss-reactive ketones (excluding diaryl/α,β-unsaturated/α-hetero) is 3. The smallest absolute Gasteiger partial charge is 0.260 e. The average Bonchev–Trinajstić information content (AvgIpc) is 3.52. The van der Waals surface area contributed by atoms with Gasteiger partial charge in [0.25, 0.3) is 11.5 Å². The van der Waals surface area contributed by atoms with Crippen LogP contribution in [0.1, 0.15) is 78.5 Å². The zero-order valence-corrected chi connectivity index (χ0v) is 27.0. The van der Waals surface area contributed by atoms with Crippen LogP contribution in [0.4, 0.5) is 0 Å². The molecule has 47 heavy (non-hydrogen) atoms. The molecule has 3 aliphatic rings. The van der Waals surface area contributed by atoms with Gasteiger partial charge in [0, 0.05) is 27.5 Å². The van der Waals surface area contributed by atoms with Crippen molar-refractivity contribution >= 4 is 62.0 Å². The number of likely N-dealkylation sites (N-methyl/N-ethyl adjacent to an activating group) is 1. The third-order valence-electron chi connectivity index (χ3n) is 9.03. The van der Waals surface area contributed by atoms with E-state index in [0.29, 0.717) is 10.0 Å². The summed E-state index contributed by atoms with van der Waals surface area (Å²) in [5, 5.41) is 37.8. The number of aromatic hydroxyl groups is 3. The van der Waals surface area contributed by atoms with Crippen molar-refractivity contribution in [3.63, 3.8) is 0 Å². The minimum atomic E-state index is -2.18. The molecule has 0 unspecified atom stereocenters. The number of fused-ring (bicyclic) bond motifs is 5. The number of benzene rings is 2. The van der Waals surface area contributed by atoms with Crippen molar-refractivity contribution < 1.29 is 44.0 Å². The summed E-state index contributed by atoms with van der Waals surface area (Å²) < 4.78 is 5.22. The lowest BCUT2D eigenvalue weighted by molar-refractivity contribution is -0.122. The number of allylic oxidation sites excluding steroid dienone is 2. The molecular formula is C32H27BrN4O10. The van der Waals surface area contributed by atoms with Gasteiger partial charge in [-0.15, -0.1) is 0 Å². The number of aromatic nitrogens is 1. The lowest BCUT2D eigenvalue weighted by Crippen LogP contribution is -2.36. The number of nitrogens with one attached hydrogen (secondary N) is 2. The molecular weight excluding hydrogens is 680 g/mol. The number of rotatable bonds is 6. The normalized spacial score (nSPS) is 18.5. The van der Waals surface area contributed by atoms with Crippen molar-refractivity contribution in [2.45, 2.75) is 38.1 Å². The van der Waals surface area contributed by atoms with E-state index in [9.17, 15) is 44.1 Å². The van der Waals surface area contributed by atoms with Gasteiger partial charge in [-0.25, -0.2) is 5.43 Å². The number of ether oxygens (including phenoxy) is 1. The number of carbonyl (C=O) groups excluding carboxylic acids is 5. The highest BCUT2D eigenvalue weighted by molar-refractivity contribution is 9.10. The van der Waals surface area contributed by atoms with Gasteiger partial charge in [-0.05, 0) is 61.3 Å². The Labute approximate surface area is 273 Å². The number of ketones is 4. The van der Waals surface area contributed by atoms with Crippen LogP contribution in [0.25, 0.3) is 10.8 Å². The van der Waals surface area contributed by atoms with Gasteiger partial charge in [0.05, 0.1) is 53.2 Å². The number of phenols is 3. The van der Waals surface area contributed by atoms with Crippen LogP contribution >= 0.6 is 15.9 Å². The Morgan fingerprint density at radius 3 is 2.34 bits per heavy atom. The second-order valence-electron chi connectivity index (χ2n) is 11.8. The van der Waals surface area contributed by atoms with Crippen molar-refractivity contribution in [1.82, 2.24) is 15.3 Å². The van der Waals surface area contributed by atoms with E-state index in [0.717, 1.165) is 13.2 Å². The van der Waals surface area contributed by atoms with Gasteiger partial charge in [0.1, 0.15) is 22.7 Å². The predicted octanol–water partition coefficient (Wildman–Crippen LogP) is 2.37. The molecule has 0 radical (unpaired) electrons. The Bertz CT molecular complexity index is 2150. The molecule has 0 saturated heterocycles. The number of carbonyl (C=O) groups is 5. The van der Waals surface area contributed by atoms with E-state index >= 15 is 0 Å². The third-order valence-corrected chi connectivity index (χ3v) is 9.94. The summed E-state index contributed by atoms with van der Waals surface area (Å²) in [4.78, 5) is 84.1. The van der Waals surface area contributed by atoms with Gasteiger partial charge in [-0.2, -0.15) is 5.10 Å². The summed E-state index contributed by atoms with van der Waals surface area (Å²) in [7, 11) is 2.90. The van der Waals surface area contributed by atoms with Crippen LogP contribution in [0, 0.1) is 0 Å². The number of hydrogen-bond acceptors (Lipinski definition) is 12. The van der Waals surface area contributed by atoms with E-state index < -0.39 is 79.4 Å². The van der Waals surface area contributed by atoms with E-state index in [-0.39, 0.29) is 53.4 Å². The number of hydrazone groups is 1. The Kier molecular flexibility index (Phi) is 7.44. The highest BCUT2D eigenvalue weighted by Crippen LogP contribution is 2.58. The van der Waals surface area contributed by atoms with Crippen LogP contribution in [0.3, 0.4) is 0 Å². The summed E-state index contributed by atoms with van der Waals surface area (Å²) in [6.07, 6.45) is 1.85. The van der Waals surface area contributed by atoms with Gasteiger partial charge in [0.15, 0.2) is 23.1 Å². The average molecular weight is 707 g/mol.